The number of nitrogens with one attached hydrogen (secondary N) is 1. The van der Waals surface area contributed by atoms with Gasteiger partial charge in [-0.15, -0.1) is 0 Å². The second-order valence-electron chi connectivity index (χ2n) is 3.57. The molecule has 1 aliphatic heterocycles. The van der Waals surface area contributed by atoms with E-state index in [2.05, 4.69) is 5.32 Å². The van der Waals surface area contributed by atoms with Crippen LogP contribution >= 0.6 is 0 Å². The summed E-state index contributed by atoms with van der Waals surface area (Å²) in [5.74, 6) is 0. The average molecular weight is 212 g/mol. The molecule has 1 rings (SSSR count). The lowest BCUT2D eigenvalue weighted by Gasteiger charge is -2.37. The molecular weight excluding hydrogens is 197 g/mol. The predicted octanol–water partition coefficient (Wildman–Crippen LogP) is 0.646. The summed E-state index contributed by atoms with van der Waals surface area (Å²) in [6.45, 7) is 0.181. The van der Waals surface area contributed by atoms with E-state index in [1.165, 1.54) is 0 Å². The molecule has 0 spiro atoms. The highest BCUT2D eigenvalue weighted by Gasteiger charge is 2.35. The smallest absolute Gasteiger partial charge is 0.381 e. The molecule has 0 amide bonds. The lowest BCUT2D eigenvalue weighted by molar-refractivity contribution is -0.131. The van der Waals surface area contributed by atoms with E-state index >= 15 is 0 Å². The van der Waals surface area contributed by atoms with Crippen LogP contribution in [0.2, 0.25) is 0 Å². The first-order valence-electron chi connectivity index (χ1n) is 4.57. The Hall–Kier alpha value is -0.330. The third kappa shape index (κ3) is 3.43. The Morgan fingerprint density at radius 2 is 1.86 bits per heavy atom. The summed E-state index contributed by atoms with van der Waals surface area (Å²) in [5.41, 5.74) is 4.89. The van der Waals surface area contributed by atoms with Gasteiger partial charge in [0.15, 0.2) is 0 Å². The summed E-state index contributed by atoms with van der Waals surface area (Å²) >= 11 is 0. The molecule has 6 heteroatoms. The maximum atomic E-state index is 12.0. The van der Waals surface area contributed by atoms with Crippen molar-refractivity contribution in [3.8, 4) is 0 Å². The Balaban J connectivity index is 2.44. The third-order valence-electron chi connectivity index (χ3n) is 2.50. The minimum Gasteiger partial charge on any atom is -0.381 e. The first-order chi connectivity index (χ1) is 6.47. The fourth-order valence-corrected chi connectivity index (χ4v) is 1.50. The van der Waals surface area contributed by atoms with E-state index in [0.717, 1.165) is 0 Å². The van der Waals surface area contributed by atoms with Gasteiger partial charge in [0.1, 0.15) is 0 Å². The van der Waals surface area contributed by atoms with Gasteiger partial charge >= 0.3 is 6.18 Å². The van der Waals surface area contributed by atoms with E-state index in [1.807, 2.05) is 0 Å². The molecule has 0 aromatic carbocycles. The Bertz CT molecular complexity index is 178. The SMILES string of the molecule is NCC1(NCC(F)(F)F)CCOCC1. The molecule has 3 nitrogen and oxygen atoms in total. The summed E-state index contributed by atoms with van der Waals surface area (Å²) in [4.78, 5) is 0. The van der Waals surface area contributed by atoms with E-state index in [0.29, 0.717) is 26.1 Å². The van der Waals surface area contributed by atoms with Gasteiger partial charge in [-0.05, 0) is 12.8 Å². The molecule has 1 saturated heterocycles. The normalized spacial score (nSPS) is 22.3. The molecule has 0 aromatic rings. The summed E-state index contributed by atoms with van der Waals surface area (Å²) < 4.78 is 41.0. The van der Waals surface area contributed by atoms with Gasteiger partial charge < -0.3 is 15.8 Å². The first-order valence-corrected chi connectivity index (χ1v) is 4.57. The Morgan fingerprint density at radius 3 is 2.29 bits per heavy atom. The molecule has 0 aromatic heterocycles. The van der Waals surface area contributed by atoms with Crippen LogP contribution in [-0.2, 0) is 4.74 Å². The monoisotopic (exact) mass is 212 g/mol. The fourth-order valence-electron chi connectivity index (χ4n) is 1.50. The van der Waals surface area contributed by atoms with Crippen molar-refractivity contribution in [1.82, 2.24) is 5.32 Å². The van der Waals surface area contributed by atoms with Crippen molar-refractivity contribution in [1.29, 1.82) is 0 Å². The lowest BCUT2D eigenvalue weighted by atomic mass is 9.90. The van der Waals surface area contributed by atoms with E-state index < -0.39 is 18.3 Å². The number of halogens is 3. The number of alkyl halides is 3. The van der Waals surface area contributed by atoms with Crippen molar-refractivity contribution < 1.29 is 17.9 Å². The van der Waals surface area contributed by atoms with Crippen LogP contribution < -0.4 is 11.1 Å². The Morgan fingerprint density at radius 1 is 1.29 bits per heavy atom. The molecule has 3 N–H and O–H groups in total. The van der Waals surface area contributed by atoms with Crippen LogP contribution in [0, 0.1) is 0 Å². The van der Waals surface area contributed by atoms with E-state index in [-0.39, 0.29) is 6.54 Å². The zero-order valence-corrected chi connectivity index (χ0v) is 7.86. The standard InChI is InChI=1S/C8H15F3N2O/c9-8(10,11)6-13-7(5-12)1-3-14-4-2-7/h13H,1-6,12H2. The van der Waals surface area contributed by atoms with Crippen LogP contribution in [-0.4, -0.2) is 38.0 Å². The second-order valence-corrected chi connectivity index (χ2v) is 3.57. The van der Waals surface area contributed by atoms with Gasteiger partial charge in [0, 0.05) is 25.3 Å². The summed E-state index contributed by atoms with van der Waals surface area (Å²) in [7, 11) is 0. The average Bonchev–Trinajstić information content (AvgIpc) is 2.15. The summed E-state index contributed by atoms with van der Waals surface area (Å²) in [6, 6.07) is 0. The zero-order valence-electron chi connectivity index (χ0n) is 7.86. The molecule has 0 aliphatic carbocycles. The second kappa shape index (κ2) is 4.46. The van der Waals surface area contributed by atoms with E-state index in [4.69, 9.17) is 10.5 Å². The van der Waals surface area contributed by atoms with Gasteiger partial charge in [-0.3, -0.25) is 0 Å². The third-order valence-corrected chi connectivity index (χ3v) is 2.50. The molecule has 1 aliphatic rings. The summed E-state index contributed by atoms with van der Waals surface area (Å²) in [5, 5.41) is 2.49. The van der Waals surface area contributed by atoms with Crippen LogP contribution in [0.3, 0.4) is 0 Å². The van der Waals surface area contributed by atoms with Crippen molar-refractivity contribution in [2.45, 2.75) is 24.6 Å². The number of rotatable bonds is 3. The molecular formula is C8H15F3N2O. The minimum atomic E-state index is -4.18. The van der Waals surface area contributed by atoms with Crippen LogP contribution in [0.4, 0.5) is 13.2 Å². The van der Waals surface area contributed by atoms with Gasteiger partial charge in [0.25, 0.3) is 0 Å². The molecule has 84 valence electrons. The molecule has 0 atom stereocenters. The van der Waals surface area contributed by atoms with Crippen molar-refractivity contribution in [2.24, 2.45) is 5.73 Å². The first kappa shape index (κ1) is 11.7. The number of ether oxygens (including phenoxy) is 1. The molecule has 1 heterocycles. The Kier molecular flexibility index (Phi) is 3.74. The Labute approximate surface area is 80.8 Å². The van der Waals surface area contributed by atoms with Gasteiger partial charge in [0.05, 0.1) is 6.54 Å². The zero-order chi connectivity index (χ0) is 10.7. The number of hydrogen-bond donors (Lipinski definition) is 2. The maximum absolute atomic E-state index is 12.0. The highest BCUT2D eigenvalue weighted by molar-refractivity contribution is 4.91. The topological polar surface area (TPSA) is 47.3 Å². The van der Waals surface area contributed by atoms with Crippen LogP contribution in [0.1, 0.15) is 12.8 Å². The van der Waals surface area contributed by atoms with Gasteiger partial charge in [-0.2, -0.15) is 13.2 Å². The largest absolute Gasteiger partial charge is 0.401 e. The quantitative estimate of drug-likeness (QED) is 0.722. The highest BCUT2D eigenvalue weighted by Crippen LogP contribution is 2.21. The van der Waals surface area contributed by atoms with E-state index in [9.17, 15) is 13.2 Å². The molecule has 0 radical (unpaired) electrons. The maximum Gasteiger partial charge on any atom is 0.401 e. The van der Waals surface area contributed by atoms with Crippen molar-refractivity contribution in [3.63, 3.8) is 0 Å². The van der Waals surface area contributed by atoms with Crippen LogP contribution in [0.5, 0.6) is 0 Å². The van der Waals surface area contributed by atoms with Gasteiger partial charge in [0.2, 0.25) is 0 Å². The highest BCUT2D eigenvalue weighted by atomic mass is 19.4. The lowest BCUT2D eigenvalue weighted by Crippen LogP contribution is -2.56. The fraction of sp³-hybridized carbons (Fsp3) is 1.00. The van der Waals surface area contributed by atoms with Crippen molar-refractivity contribution in [2.75, 3.05) is 26.3 Å². The molecule has 14 heavy (non-hydrogen) atoms. The molecule has 0 saturated carbocycles. The van der Waals surface area contributed by atoms with Crippen molar-refractivity contribution >= 4 is 0 Å². The summed E-state index contributed by atoms with van der Waals surface area (Å²) in [6.07, 6.45) is -3.10. The van der Waals surface area contributed by atoms with Crippen molar-refractivity contribution in [3.05, 3.63) is 0 Å². The number of hydrogen-bond acceptors (Lipinski definition) is 3. The predicted molar refractivity (Wildman–Crippen MR) is 45.9 cm³/mol. The van der Waals surface area contributed by atoms with Gasteiger partial charge in [-0.25, -0.2) is 0 Å². The number of nitrogens with two attached hydrogens (primary N) is 1. The molecule has 0 bridgehead atoms. The van der Waals surface area contributed by atoms with Gasteiger partial charge in [-0.1, -0.05) is 0 Å². The van der Waals surface area contributed by atoms with E-state index in [1.54, 1.807) is 0 Å². The van der Waals surface area contributed by atoms with Crippen LogP contribution in [0.25, 0.3) is 0 Å². The van der Waals surface area contributed by atoms with Crippen LogP contribution in [0.15, 0.2) is 0 Å². The molecule has 0 unspecified atom stereocenters. The molecule has 1 fully saturated rings. The minimum absolute atomic E-state index is 0.215.